The molecule has 0 aliphatic heterocycles. The van der Waals surface area contributed by atoms with Crippen LogP contribution in [-0.2, 0) is 0 Å². The van der Waals surface area contributed by atoms with E-state index >= 15 is 0 Å². The molecule has 0 spiro atoms. The molecule has 0 saturated carbocycles. The second kappa shape index (κ2) is 2.77. The lowest BCUT2D eigenvalue weighted by atomic mass is 10.2. The minimum atomic E-state index is -1.25. The van der Waals surface area contributed by atoms with E-state index in [0.29, 0.717) is 0 Å². The highest BCUT2D eigenvalue weighted by atomic mass is 16.5. The van der Waals surface area contributed by atoms with Crippen molar-refractivity contribution >= 4 is 0 Å². The van der Waals surface area contributed by atoms with Crippen LogP contribution in [0.1, 0.15) is 6.92 Å². The van der Waals surface area contributed by atoms with Gasteiger partial charge in [-0.15, -0.1) is 6.58 Å². The predicted octanol–water partition coefficient (Wildman–Crippen LogP) is 0.119. The third-order valence-electron chi connectivity index (χ3n) is 0.842. The molecule has 42 valence electrons. The SMILES string of the molecule is C=CC(C)C(O)O. The van der Waals surface area contributed by atoms with Crippen molar-refractivity contribution in [3.8, 4) is 0 Å². The van der Waals surface area contributed by atoms with Crippen LogP contribution in [0.3, 0.4) is 0 Å². The molecule has 0 fully saturated rings. The van der Waals surface area contributed by atoms with Gasteiger partial charge in [-0.1, -0.05) is 13.0 Å². The van der Waals surface area contributed by atoms with Crippen molar-refractivity contribution in [1.82, 2.24) is 0 Å². The van der Waals surface area contributed by atoms with Gasteiger partial charge in [-0.2, -0.15) is 0 Å². The lowest BCUT2D eigenvalue weighted by Gasteiger charge is -2.05. The largest absolute Gasteiger partial charge is 0.368 e. The summed E-state index contributed by atoms with van der Waals surface area (Å²) in [7, 11) is 0. The van der Waals surface area contributed by atoms with Crippen LogP contribution < -0.4 is 0 Å². The summed E-state index contributed by atoms with van der Waals surface area (Å²) >= 11 is 0. The fourth-order valence-electron chi connectivity index (χ4n) is 0.122. The summed E-state index contributed by atoms with van der Waals surface area (Å²) in [5.74, 6) is -0.222. The molecule has 0 aromatic carbocycles. The zero-order valence-electron chi connectivity index (χ0n) is 4.33. The summed E-state index contributed by atoms with van der Waals surface area (Å²) in [6.07, 6.45) is 0.238. The van der Waals surface area contributed by atoms with Crippen LogP contribution in [0.4, 0.5) is 0 Å². The summed E-state index contributed by atoms with van der Waals surface area (Å²) in [6.45, 7) is 5.04. The molecule has 7 heavy (non-hydrogen) atoms. The zero-order valence-corrected chi connectivity index (χ0v) is 4.33. The Kier molecular flexibility index (Phi) is 2.64. The van der Waals surface area contributed by atoms with Gasteiger partial charge >= 0.3 is 0 Å². The van der Waals surface area contributed by atoms with Crippen molar-refractivity contribution < 1.29 is 10.2 Å². The van der Waals surface area contributed by atoms with E-state index in [0.717, 1.165) is 0 Å². The molecular weight excluding hydrogens is 92.1 g/mol. The van der Waals surface area contributed by atoms with E-state index in [1.807, 2.05) is 0 Å². The summed E-state index contributed by atoms with van der Waals surface area (Å²) in [5.41, 5.74) is 0. The van der Waals surface area contributed by atoms with Crippen molar-refractivity contribution in [3.63, 3.8) is 0 Å². The molecule has 2 nitrogen and oxygen atoms in total. The topological polar surface area (TPSA) is 40.5 Å². The molecule has 0 saturated heterocycles. The Morgan fingerprint density at radius 2 is 2.00 bits per heavy atom. The van der Waals surface area contributed by atoms with Gasteiger partial charge in [-0.3, -0.25) is 0 Å². The van der Waals surface area contributed by atoms with Crippen LogP contribution in [-0.4, -0.2) is 16.5 Å². The first kappa shape index (κ1) is 6.66. The zero-order chi connectivity index (χ0) is 5.86. The number of hydrogen-bond donors (Lipinski definition) is 2. The molecule has 0 rings (SSSR count). The van der Waals surface area contributed by atoms with E-state index in [1.165, 1.54) is 6.08 Å². The first-order valence-corrected chi connectivity index (χ1v) is 2.17. The van der Waals surface area contributed by atoms with Gasteiger partial charge in [0.15, 0.2) is 6.29 Å². The van der Waals surface area contributed by atoms with Gasteiger partial charge in [0.05, 0.1) is 0 Å². The molecule has 0 aromatic heterocycles. The Labute approximate surface area is 43.1 Å². The summed E-state index contributed by atoms with van der Waals surface area (Å²) in [6, 6.07) is 0. The van der Waals surface area contributed by atoms with Gasteiger partial charge in [0, 0.05) is 5.92 Å². The molecule has 0 heterocycles. The number of hydrogen-bond acceptors (Lipinski definition) is 2. The maximum absolute atomic E-state index is 8.31. The van der Waals surface area contributed by atoms with Gasteiger partial charge in [-0.05, 0) is 0 Å². The quantitative estimate of drug-likeness (QED) is 0.384. The second-order valence-electron chi connectivity index (χ2n) is 1.51. The normalized spacial score (nSPS) is 14.3. The molecule has 0 amide bonds. The smallest absolute Gasteiger partial charge is 0.157 e. The van der Waals surface area contributed by atoms with Crippen molar-refractivity contribution in [1.29, 1.82) is 0 Å². The van der Waals surface area contributed by atoms with Crippen LogP contribution in [0.5, 0.6) is 0 Å². The third kappa shape index (κ3) is 2.37. The van der Waals surface area contributed by atoms with E-state index in [-0.39, 0.29) is 5.92 Å². The highest BCUT2D eigenvalue weighted by molar-refractivity contribution is 4.75. The summed E-state index contributed by atoms with van der Waals surface area (Å²) in [5, 5.41) is 16.6. The molecule has 0 bridgehead atoms. The van der Waals surface area contributed by atoms with Crippen molar-refractivity contribution in [2.24, 2.45) is 5.92 Å². The Bertz CT molecular complexity index is 59.1. The molecule has 2 N–H and O–H groups in total. The van der Waals surface area contributed by atoms with Gasteiger partial charge < -0.3 is 10.2 Å². The van der Waals surface area contributed by atoms with Crippen molar-refractivity contribution in [2.75, 3.05) is 0 Å². The molecule has 0 radical (unpaired) electrons. The van der Waals surface area contributed by atoms with E-state index in [1.54, 1.807) is 6.92 Å². The molecule has 2 heteroatoms. The van der Waals surface area contributed by atoms with Crippen LogP contribution >= 0.6 is 0 Å². The Morgan fingerprint density at radius 3 is 2.00 bits per heavy atom. The first-order valence-electron chi connectivity index (χ1n) is 2.17. The lowest BCUT2D eigenvalue weighted by Crippen LogP contribution is -2.13. The average molecular weight is 102 g/mol. The highest BCUT2D eigenvalue weighted by Gasteiger charge is 2.02. The number of rotatable bonds is 2. The molecule has 0 aliphatic carbocycles. The van der Waals surface area contributed by atoms with E-state index in [4.69, 9.17) is 10.2 Å². The van der Waals surface area contributed by atoms with Gasteiger partial charge in [-0.25, -0.2) is 0 Å². The average Bonchev–Trinajstić information content (AvgIpc) is 1.65. The maximum atomic E-state index is 8.31. The second-order valence-corrected chi connectivity index (χ2v) is 1.51. The maximum Gasteiger partial charge on any atom is 0.157 e. The monoisotopic (exact) mass is 102 g/mol. The Hall–Kier alpha value is -0.340. The lowest BCUT2D eigenvalue weighted by molar-refractivity contribution is -0.0650. The predicted molar refractivity (Wildman–Crippen MR) is 27.6 cm³/mol. The van der Waals surface area contributed by atoms with Crippen LogP contribution in [0.2, 0.25) is 0 Å². The van der Waals surface area contributed by atoms with Gasteiger partial charge in [0.1, 0.15) is 0 Å². The summed E-state index contributed by atoms with van der Waals surface area (Å²) < 4.78 is 0. The molecule has 1 unspecified atom stereocenters. The van der Waals surface area contributed by atoms with E-state index < -0.39 is 6.29 Å². The molecule has 0 aliphatic rings. The first-order chi connectivity index (χ1) is 3.18. The van der Waals surface area contributed by atoms with Gasteiger partial charge in [0.2, 0.25) is 0 Å². The Balaban J connectivity index is 3.33. The minimum Gasteiger partial charge on any atom is -0.368 e. The standard InChI is InChI=1S/C5H10O2/c1-3-4(2)5(6)7/h3-7H,1H2,2H3. The highest BCUT2D eigenvalue weighted by Crippen LogP contribution is 1.97. The fraction of sp³-hybridized carbons (Fsp3) is 0.600. The fourth-order valence-corrected chi connectivity index (χ4v) is 0.122. The molecule has 0 aromatic rings. The molecular formula is C5H10O2. The van der Waals surface area contributed by atoms with Crippen molar-refractivity contribution in [2.45, 2.75) is 13.2 Å². The van der Waals surface area contributed by atoms with Crippen molar-refractivity contribution in [3.05, 3.63) is 12.7 Å². The van der Waals surface area contributed by atoms with Crippen LogP contribution in [0.15, 0.2) is 12.7 Å². The third-order valence-corrected chi connectivity index (χ3v) is 0.842. The van der Waals surface area contributed by atoms with E-state index in [9.17, 15) is 0 Å². The molecule has 1 atom stereocenters. The van der Waals surface area contributed by atoms with E-state index in [2.05, 4.69) is 6.58 Å². The van der Waals surface area contributed by atoms with Crippen LogP contribution in [0.25, 0.3) is 0 Å². The number of aliphatic hydroxyl groups is 2. The van der Waals surface area contributed by atoms with Gasteiger partial charge in [0.25, 0.3) is 0 Å². The Morgan fingerprint density at radius 1 is 1.57 bits per heavy atom. The van der Waals surface area contributed by atoms with Crippen LogP contribution in [0, 0.1) is 5.92 Å². The summed E-state index contributed by atoms with van der Waals surface area (Å²) in [4.78, 5) is 0. The number of aliphatic hydroxyl groups excluding tert-OH is 1. The minimum absolute atomic E-state index is 0.222.